The summed E-state index contributed by atoms with van der Waals surface area (Å²) in [7, 11) is 0. The zero-order chi connectivity index (χ0) is 13.1. The largest absolute Gasteiger partial charge is 0.294 e. The molecule has 0 fully saturated rings. The molecule has 3 rings (SSSR count). The van der Waals surface area contributed by atoms with E-state index in [2.05, 4.69) is 0 Å². The molecule has 0 unspecified atom stereocenters. The molecule has 18 heavy (non-hydrogen) atoms. The molecule has 0 saturated heterocycles. The number of ketones is 2. The van der Waals surface area contributed by atoms with Crippen molar-refractivity contribution in [3.05, 3.63) is 30.3 Å². The van der Waals surface area contributed by atoms with Gasteiger partial charge in [-0.15, -0.1) is 0 Å². The standard InChI is InChI=1S/C13H12O3S2/c1-6-3-8(14)7-4-9-10(18-12(16)17-9)5-13(7,2)11(6)15/h3,7H,4-5H2,1-2H3/t7-,13-/m0/s1. The van der Waals surface area contributed by atoms with Gasteiger partial charge < -0.3 is 0 Å². The minimum absolute atomic E-state index is 0.0334. The van der Waals surface area contributed by atoms with Crippen LogP contribution in [-0.4, -0.2) is 11.6 Å². The molecule has 3 nitrogen and oxygen atoms in total. The molecule has 2 aliphatic rings. The van der Waals surface area contributed by atoms with Gasteiger partial charge in [-0.25, -0.2) is 0 Å². The lowest BCUT2D eigenvalue weighted by molar-refractivity contribution is -0.136. The fraction of sp³-hybridized carbons (Fsp3) is 0.462. The van der Waals surface area contributed by atoms with Gasteiger partial charge in [0.2, 0.25) is 0 Å². The summed E-state index contributed by atoms with van der Waals surface area (Å²) in [6.45, 7) is 3.57. The first-order chi connectivity index (χ1) is 8.41. The molecule has 0 spiro atoms. The van der Waals surface area contributed by atoms with Gasteiger partial charge in [0.1, 0.15) is 0 Å². The molecular weight excluding hydrogens is 268 g/mol. The van der Waals surface area contributed by atoms with Crippen LogP contribution in [-0.2, 0) is 22.4 Å². The predicted octanol–water partition coefficient (Wildman–Crippen LogP) is 1.99. The lowest BCUT2D eigenvalue weighted by atomic mass is 9.61. The average Bonchev–Trinajstić information content (AvgIpc) is 2.64. The molecule has 94 valence electrons. The monoisotopic (exact) mass is 280 g/mol. The van der Waals surface area contributed by atoms with Gasteiger partial charge in [0.15, 0.2) is 11.6 Å². The Morgan fingerprint density at radius 1 is 1.22 bits per heavy atom. The van der Waals surface area contributed by atoms with Crippen LogP contribution in [0, 0.1) is 11.3 Å². The van der Waals surface area contributed by atoms with Crippen molar-refractivity contribution in [1.82, 2.24) is 0 Å². The number of Topliss-reactive ketones (excluding diaryl/α,β-unsaturated/α-hetero) is 1. The van der Waals surface area contributed by atoms with Gasteiger partial charge >= 0.3 is 0 Å². The zero-order valence-electron chi connectivity index (χ0n) is 10.1. The molecular formula is C13H12O3S2. The first-order valence-electron chi connectivity index (χ1n) is 5.80. The van der Waals surface area contributed by atoms with Crippen LogP contribution < -0.4 is 4.06 Å². The van der Waals surface area contributed by atoms with Gasteiger partial charge in [-0.3, -0.25) is 14.4 Å². The Kier molecular flexibility index (Phi) is 2.47. The van der Waals surface area contributed by atoms with Crippen molar-refractivity contribution >= 4 is 34.2 Å². The summed E-state index contributed by atoms with van der Waals surface area (Å²) >= 11 is 2.46. The van der Waals surface area contributed by atoms with Crippen LogP contribution >= 0.6 is 22.7 Å². The van der Waals surface area contributed by atoms with Gasteiger partial charge in [-0.2, -0.15) is 0 Å². The smallest absolute Gasteiger partial charge is 0.287 e. The Bertz CT molecular complexity index is 649. The van der Waals surface area contributed by atoms with Crippen molar-refractivity contribution in [2.45, 2.75) is 26.7 Å². The first kappa shape index (κ1) is 12.0. The lowest BCUT2D eigenvalue weighted by Gasteiger charge is -2.40. The molecule has 1 aromatic rings. The number of hydrogen-bond acceptors (Lipinski definition) is 5. The van der Waals surface area contributed by atoms with Crippen molar-refractivity contribution in [1.29, 1.82) is 0 Å². The third-order valence-electron chi connectivity index (χ3n) is 3.99. The number of carbonyl (C=O) groups is 2. The molecule has 0 bridgehead atoms. The third kappa shape index (κ3) is 1.50. The minimum Gasteiger partial charge on any atom is -0.294 e. The zero-order valence-corrected chi connectivity index (χ0v) is 11.7. The van der Waals surface area contributed by atoms with E-state index in [1.807, 2.05) is 6.92 Å². The Morgan fingerprint density at radius 2 is 1.89 bits per heavy atom. The number of rotatable bonds is 0. The van der Waals surface area contributed by atoms with Crippen LogP contribution in [0.1, 0.15) is 23.6 Å². The topological polar surface area (TPSA) is 51.2 Å². The van der Waals surface area contributed by atoms with E-state index in [0.29, 0.717) is 18.4 Å². The highest BCUT2D eigenvalue weighted by Gasteiger charge is 2.50. The summed E-state index contributed by atoms with van der Waals surface area (Å²) in [5.41, 5.74) is -0.0998. The van der Waals surface area contributed by atoms with Gasteiger partial charge in [-0.1, -0.05) is 29.6 Å². The fourth-order valence-electron chi connectivity index (χ4n) is 2.98. The second-order valence-corrected chi connectivity index (χ2v) is 7.60. The number of fused-ring (bicyclic) bond motifs is 2. The second kappa shape index (κ2) is 3.71. The lowest BCUT2D eigenvalue weighted by Crippen LogP contribution is -2.48. The van der Waals surface area contributed by atoms with E-state index >= 15 is 0 Å². The highest BCUT2D eigenvalue weighted by molar-refractivity contribution is 7.27. The predicted molar refractivity (Wildman–Crippen MR) is 71.2 cm³/mol. The van der Waals surface area contributed by atoms with Crippen molar-refractivity contribution in [2.75, 3.05) is 0 Å². The van der Waals surface area contributed by atoms with Crippen LogP contribution in [0.5, 0.6) is 0 Å². The Labute approximate surface area is 112 Å². The maximum atomic E-state index is 12.4. The first-order valence-corrected chi connectivity index (χ1v) is 7.44. The van der Waals surface area contributed by atoms with Crippen LogP contribution in [0.4, 0.5) is 0 Å². The quantitative estimate of drug-likeness (QED) is 0.730. The maximum Gasteiger partial charge on any atom is 0.287 e. The Balaban J connectivity index is 2.15. The number of hydrogen-bond donors (Lipinski definition) is 0. The van der Waals surface area contributed by atoms with E-state index in [1.165, 1.54) is 28.7 Å². The molecule has 2 atom stereocenters. The summed E-state index contributed by atoms with van der Waals surface area (Å²) in [6.07, 6.45) is 2.55. The number of allylic oxidation sites excluding steroid dienone is 2. The Hall–Kier alpha value is -1.07. The molecule has 1 aromatic heterocycles. The number of carbonyl (C=O) groups excluding carboxylic acids is 2. The van der Waals surface area contributed by atoms with Gasteiger partial charge in [0.25, 0.3) is 4.06 Å². The summed E-state index contributed by atoms with van der Waals surface area (Å²) < 4.78 is 0.0619. The summed E-state index contributed by atoms with van der Waals surface area (Å²) in [5.74, 6) is -0.193. The van der Waals surface area contributed by atoms with Crippen molar-refractivity contribution < 1.29 is 9.59 Å². The highest BCUT2D eigenvalue weighted by atomic mass is 32.2. The SMILES string of the molecule is CC1=CC(=O)[C@@H]2Cc3sc(=O)sc3C[C@]2(C)C1=O. The molecule has 0 N–H and O–H groups in total. The van der Waals surface area contributed by atoms with Crippen LogP contribution in [0.25, 0.3) is 0 Å². The molecule has 1 heterocycles. The molecule has 5 heteroatoms. The van der Waals surface area contributed by atoms with E-state index in [1.54, 1.807) is 6.92 Å². The highest BCUT2D eigenvalue weighted by Crippen LogP contribution is 2.46. The molecule has 0 aliphatic heterocycles. The average molecular weight is 280 g/mol. The van der Waals surface area contributed by atoms with Crippen LogP contribution in [0.15, 0.2) is 16.4 Å². The molecule has 2 aliphatic carbocycles. The molecule has 0 amide bonds. The maximum absolute atomic E-state index is 12.4. The minimum atomic E-state index is -0.646. The summed E-state index contributed by atoms with van der Waals surface area (Å²) in [5, 5.41) is 0. The van der Waals surface area contributed by atoms with E-state index < -0.39 is 5.41 Å². The normalized spacial score (nSPS) is 30.8. The van der Waals surface area contributed by atoms with Gasteiger partial charge in [-0.05, 0) is 31.4 Å². The van der Waals surface area contributed by atoms with E-state index in [-0.39, 0.29) is 21.5 Å². The van der Waals surface area contributed by atoms with Crippen molar-refractivity contribution in [2.24, 2.45) is 11.3 Å². The summed E-state index contributed by atoms with van der Waals surface area (Å²) in [6, 6.07) is 0. The van der Waals surface area contributed by atoms with Crippen LogP contribution in [0.2, 0.25) is 0 Å². The van der Waals surface area contributed by atoms with Crippen molar-refractivity contribution in [3.63, 3.8) is 0 Å². The third-order valence-corrected chi connectivity index (χ3v) is 6.25. The van der Waals surface area contributed by atoms with Gasteiger partial charge in [0, 0.05) is 21.1 Å². The van der Waals surface area contributed by atoms with E-state index in [0.717, 1.165) is 9.75 Å². The molecule has 0 saturated carbocycles. The Morgan fingerprint density at radius 3 is 2.61 bits per heavy atom. The summed E-state index contributed by atoms with van der Waals surface area (Å²) in [4.78, 5) is 37.9. The van der Waals surface area contributed by atoms with Crippen molar-refractivity contribution in [3.8, 4) is 0 Å². The van der Waals surface area contributed by atoms with E-state index in [9.17, 15) is 14.4 Å². The van der Waals surface area contributed by atoms with E-state index in [4.69, 9.17) is 0 Å². The second-order valence-electron chi connectivity index (χ2n) is 5.21. The molecule has 0 radical (unpaired) electrons. The molecule has 0 aromatic carbocycles. The fourth-order valence-corrected chi connectivity index (χ4v) is 5.40. The van der Waals surface area contributed by atoms with Crippen LogP contribution in [0.3, 0.4) is 0 Å². The van der Waals surface area contributed by atoms with Gasteiger partial charge in [0.05, 0.1) is 0 Å².